The van der Waals surface area contributed by atoms with E-state index >= 15 is 0 Å². The van der Waals surface area contributed by atoms with E-state index in [-0.39, 0.29) is 0 Å². The predicted molar refractivity (Wildman–Crippen MR) is 89.2 cm³/mol. The van der Waals surface area contributed by atoms with Crippen molar-refractivity contribution in [3.8, 4) is 0 Å². The SMILES string of the molecule is CCOC(=O)N/N=C/c1c2ccccc2cc2ccccc12. The molecule has 0 spiro atoms. The van der Waals surface area contributed by atoms with Gasteiger partial charge in [-0.25, -0.2) is 10.2 Å². The number of benzene rings is 3. The first-order chi connectivity index (χ1) is 10.8. The Morgan fingerprint density at radius 2 is 1.68 bits per heavy atom. The van der Waals surface area contributed by atoms with Crippen LogP contribution in [-0.2, 0) is 4.74 Å². The van der Waals surface area contributed by atoms with Crippen molar-refractivity contribution in [2.24, 2.45) is 5.10 Å². The van der Waals surface area contributed by atoms with Crippen LogP contribution in [-0.4, -0.2) is 18.9 Å². The summed E-state index contributed by atoms with van der Waals surface area (Å²) >= 11 is 0. The Morgan fingerprint density at radius 1 is 1.09 bits per heavy atom. The molecule has 4 heteroatoms. The van der Waals surface area contributed by atoms with Crippen molar-refractivity contribution in [1.82, 2.24) is 5.43 Å². The Kier molecular flexibility index (Phi) is 4.01. The van der Waals surface area contributed by atoms with Crippen molar-refractivity contribution in [3.63, 3.8) is 0 Å². The first-order valence-corrected chi connectivity index (χ1v) is 7.16. The second-order valence-electron chi connectivity index (χ2n) is 4.82. The summed E-state index contributed by atoms with van der Waals surface area (Å²) in [4.78, 5) is 11.3. The van der Waals surface area contributed by atoms with Gasteiger partial charge in [0, 0.05) is 5.56 Å². The fourth-order valence-electron chi connectivity index (χ4n) is 2.50. The number of nitrogens with one attached hydrogen (secondary N) is 1. The molecule has 3 rings (SSSR count). The van der Waals surface area contributed by atoms with Gasteiger partial charge in [0.25, 0.3) is 0 Å². The van der Waals surface area contributed by atoms with Gasteiger partial charge in [0.1, 0.15) is 0 Å². The van der Waals surface area contributed by atoms with Gasteiger partial charge in [-0.05, 0) is 34.5 Å². The van der Waals surface area contributed by atoms with Crippen molar-refractivity contribution in [2.75, 3.05) is 6.61 Å². The quantitative estimate of drug-likeness (QED) is 0.449. The van der Waals surface area contributed by atoms with Gasteiger partial charge in [0.2, 0.25) is 0 Å². The van der Waals surface area contributed by atoms with Crippen LogP contribution in [0, 0.1) is 0 Å². The number of hydrazone groups is 1. The van der Waals surface area contributed by atoms with E-state index < -0.39 is 6.09 Å². The van der Waals surface area contributed by atoms with E-state index in [4.69, 9.17) is 4.74 Å². The minimum atomic E-state index is -0.553. The van der Waals surface area contributed by atoms with Crippen molar-refractivity contribution >= 4 is 33.9 Å². The average Bonchev–Trinajstić information content (AvgIpc) is 2.54. The lowest BCUT2D eigenvalue weighted by Gasteiger charge is -2.07. The fourth-order valence-corrected chi connectivity index (χ4v) is 2.50. The van der Waals surface area contributed by atoms with Crippen LogP contribution in [0.5, 0.6) is 0 Å². The zero-order chi connectivity index (χ0) is 15.4. The molecule has 3 aromatic carbocycles. The summed E-state index contributed by atoms with van der Waals surface area (Å²) in [5.41, 5.74) is 3.35. The highest BCUT2D eigenvalue weighted by Crippen LogP contribution is 2.27. The Balaban J connectivity index is 2.08. The topological polar surface area (TPSA) is 50.7 Å². The third-order valence-electron chi connectivity index (χ3n) is 3.44. The van der Waals surface area contributed by atoms with E-state index in [2.05, 4.69) is 28.7 Å². The van der Waals surface area contributed by atoms with Gasteiger partial charge in [-0.2, -0.15) is 5.10 Å². The Bertz CT molecular complexity index is 802. The highest BCUT2D eigenvalue weighted by atomic mass is 16.5. The van der Waals surface area contributed by atoms with Crippen LogP contribution in [0.2, 0.25) is 0 Å². The molecular formula is C18H16N2O2. The molecule has 4 nitrogen and oxygen atoms in total. The zero-order valence-electron chi connectivity index (χ0n) is 12.2. The molecule has 110 valence electrons. The number of carbonyl (C=O) groups is 1. The Morgan fingerprint density at radius 3 is 2.27 bits per heavy atom. The molecule has 3 aromatic rings. The number of hydrogen-bond donors (Lipinski definition) is 1. The Hall–Kier alpha value is -2.88. The van der Waals surface area contributed by atoms with Crippen LogP contribution in [0.25, 0.3) is 21.5 Å². The summed E-state index contributed by atoms with van der Waals surface area (Å²) in [5.74, 6) is 0. The molecule has 0 aliphatic carbocycles. The number of rotatable bonds is 3. The average molecular weight is 292 g/mol. The number of hydrogen-bond acceptors (Lipinski definition) is 3. The smallest absolute Gasteiger partial charge is 0.427 e. The summed E-state index contributed by atoms with van der Waals surface area (Å²) < 4.78 is 4.79. The van der Waals surface area contributed by atoms with Crippen molar-refractivity contribution < 1.29 is 9.53 Å². The van der Waals surface area contributed by atoms with E-state index in [9.17, 15) is 4.79 Å². The first-order valence-electron chi connectivity index (χ1n) is 7.16. The van der Waals surface area contributed by atoms with Gasteiger partial charge in [0.15, 0.2) is 0 Å². The molecule has 0 aliphatic rings. The van der Waals surface area contributed by atoms with Crippen molar-refractivity contribution in [2.45, 2.75) is 6.92 Å². The largest absolute Gasteiger partial charge is 0.449 e. The molecule has 0 bridgehead atoms. The maximum absolute atomic E-state index is 11.3. The molecule has 22 heavy (non-hydrogen) atoms. The summed E-state index contributed by atoms with van der Waals surface area (Å²) in [7, 11) is 0. The lowest BCUT2D eigenvalue weighted by molar-refractivity contribution is 0.152. The highest BCUT2D eigenvalue weighted by molar-refractivity contribution is 6.13. The van der Waals surface area contributed by atoms with Gasteiger partial charge in [-0.1, -0.05) is 48.5 Å². The number of amides is 1. The molecule has 0 atom stereocenters. The van der Waals surface area contributed by atoms with Crippen LogP contribution >= 0.6 is 0 Å². The van der Waals surface area contributed by atoms with E-state index in [1.807, 2.05) is 36.4 Å². The van der Waals surface area contributed by atoms with Crippen LogP contribution in [0.4, 0.5) is 4.79 Å². The molecule has 1 N–H and O–H groups in total. The number of fused-ring (bicyclic) bond motifs is 2. The molecule has 0 fully saturated rings. The molecule has 0 aromatic heterocycles. The molecule has 0 saturated carbocycles. The van der Waals surface area contributed by atoms with Gasteiger partial charge in [-0.3, -0.25) is 0 Å². The van der Waals surface area contributed by atoms with Crippen LogP contribution in [0.15, 0.2) is 59.7 Å². The summed E-state index contributed by atoms with van der Waals surface area (Å²) in [6, 6.07) is 18.4. The van der Waals surface area contributed by atoms with Crippen molar-refractivity contribution in [1.29, 1.82) is 0 Å². The fraction of sp³-hybridized carbons (Fsp3) is 0.111. The van der Waals surface area contributed by atoms with E-state index in [0.29, 0.717) is 6.61 Å². The first kappa shape index (κ1) is 14.1. The highest BCUT2D eigenvalue weighted by Gasteiger charge is 2.05. The lowest BCUT2D eigenvalue weighted by Crippen LogP contribution is -2.18. The predicted octanol–water partition coefficient (Wildman–Crippen LogP) is 4.07. The van der Waals surface area contributed by atoms with Gasteiger partial charge in [-0.15, -0.1) is 0 Å². The molecule has 1 amide bonds. The van der Waals surface area contributed by atoms with Gasteiger partial charge < -0.3 is 4.74 Å². The standard InChI is InChI=1S/C18H16N2O2/c1-2-22-18(21)20-19-12-17-15-9-5-3-7-13(15)11-14-8-4-6-10-16(14)17/h3-12H,2H2,1H3,(H,20,21)/b19-12+. The van der Waals surface area contributed by atoms with E-state index in [1.54, 1.807) is 13.1 Å². The number of ether oxygens (including phenoxy) is 1. The van der Waals surface area contributed by atoms with Crippen molar-refractivity contribution in [3.05, 3.63) is 60.2 Å². The maximum Gasteiger partial charge on any atom is 0.427 e. The molecule has 0 heterocycles. The second kappa shape index (κ2) is 6.26. The third kappa shape index (κ3) is 2.76. The lowest BCUT2D eigenvalue weighted by atomic mass is 9.97. The minimum absolute atomic E-state index is 0.318. The Labute approximate surface area is 128 Å². The minimum Gasteiger partial charge on any atom is -0.449 e. The van der Waals surface area contributed by atoms with Crippen LogP contribution in [0.3, 0.4) is 0 Å². The summed E-state index contributed by atoms with van der Waals surface area (Å²) in [6.45, 7) is 2.07. The van der Waals surface area contributed by atoms with E-state index in [0.717, 1.165) is 27.1 Å². The molecule has 0 saturated heterocycles. The number of carbonyl (C=O) groups excluding carboxylic acids is 1. The zero-order valence-corrected chi connectivity index (χ0v) is 12.2. The normalized spacial score (nSPS) is 11.1. The molecule has 0 radical (unpaired) electrons. The number of nitrogens with zero attached hydrogens (tertiary/aromatic N) is 1. The monoisotopic (exact) mass is 292 g/mol. The molecule has 0 unspecified atom stereocenters. The van der Waals surface area contributed by atoms with Gasteiger partial charge >= 0.3 is 6.09 Å². The molecule has 0 aliphatic heterocycles. The summed E-state index contributed by atoms with van der Waals surface area (Å²) in [5, 5.41) is 8.47. The van der Waals surface area contributed by atoms with E-state index in [1.165, 1.54) is 0 Å². The van der Waals surface area contributed by atoms with Crippen LogP contribution < -0.4 is 5.43 Å². The maximum atomic E-state index is 11.3. The third-order valence-corrected chi connectivity index (χ3v) is 3.44. The van der Waals surface area contributed by atoms with Crippen LogP contribution in [0.1, 0.15) is 12.5 Å². The summed E-state index contributed by atoms with van der Waals surface area (Å²) in [6.07, 6.45) is 1.12. The molecular weight excluding hydrogens is 276 g/mol. The van der Waals surface area contributed by atoms with Gasteiger partial charge in [0.05, 0.1) is 12.8 Å². The second-order valence-corrected chi connectivity index (χ2v) is 4.82.